The number of unbranched alkanes of at least 4 members (excludes halogenated alkanes) is 4. The molecule has 0 aliphatic carbocycles. The van der Waals surface area contributed by atoms with Crippen molar-refractivity contribution in [2.24, 2.45) is 5.73 Å². The fourth-order valence-corrected chi connectivity index (χ4v) is 4.21. The molecule has 212 valence electrons. The maximum absolute atomic E-state index is 12.2. The Kier molecular flexibility index (Phi) is 15.5. The molecule has 2 rings (SSSR count). The molecule has 4 amide bonds. The molecule has 1 heterocycles. The molecule has 0 bridgehead atoms. The van der Waals surface area contributed by atoms with Gasteiger partial charge in [0.05, 0.1) is 6.04 Å². The Bertz CT molecular complexity index is 845. The van der Waals surface area contributed by atoms with Crippen molar-refractivity contribution >= 4 is 23.8 Å². The molecular formula is C28H45N5O5. The minimum atomic E-state index is -0.596. The van der Waals surface area contributed by atoms with Gasteiger partial charge in [-0.25, -0.2) is 4.79 Å². The Hall–Kier alpha value is -3.14. The predicted octanol–water partition coefficient (Wildman–Crippen LogP) is 2.61. The second-order valence-corrected chi connectivity index (χ2v) is 9.74. The fourth-order valence-electron chi connectivity index (χ4n) is 4.21. The summed E-state index contributed by atoms with van der Waals surface area (Å²) >= 11 is 0. The Morgan fingerprint density at radius 2 is 1.39 bits per heavy atom. The van der Waals surface area contributed by atoms with Gasteiger partial charge in [0.15, 0.2) is 0 Å². The summed E-state index contributed by atoms with van der Waals surface area (Å²) in [5, 5.41) is 8.44. The van der Waals surface area contributed by atoms with Crippen LogP contribution in [0.1, 0.15) is 76.2 Å². The predicted molar refractivity (Wildman–Crippen MR) is 146 cm³/mol. The van der Waals surface area contributed by atoms with Crippen LogP contribution < -0.4 is 21.7 Å². The lowest BCUT2D eigenvalue weighted by Crippen LogP contribution is -2.43. The molecule has 1 aromatic rings. The highest BCUT2D eigenvalue weighted by molar-refractivity contribution is 5.83. The van der Waals surface area contributed by atoms with Crippen molar-refractivity contribution in [2.45, 2.75) is 83.3 Å². The first-order valence-electron chi connectivity index (χ1n) is 14.0. The third-order valence-electron chi connectivity index (χ3n) is 6.48. The summed E-state index contributed by atoms with van der Waals surface area (Å²) in [6.07, 6.45) is 8.03. The molecule has 0 saturated carbocycles. The fraction of sp³-hybridized carbons (Fsp3) is 0.643. The summed E-state index contributed by atoms with van der Waals surface area (Å²) < 4.78 is 5.14. The molecule has 1 aromatic carbocycles. The standard InChI is InChI=1S/C28H45N5O5/c29-24(27(36)33-20-9-10-21-33)15-16-26(35)30-17-8-3-1-2-7-14-25(34)31-18-11-19-32-28(37)38-22-23-12-5-4-6-13-23/h4-6,12-13,24H,1-3,7-11,14-22,29H2,(H,30,35)(H,31,34)(H,32,37)/t24-/m0/s1. The number of amides is 4. The summed E-state index contributed by atoms with van der Waals surface area (Å²) in [6.45, 7) is 3.34. The zero-order valence-corrected chi connectivity index (χ0v) is 22.6. The lowest BCUT2D eigenvalue weighted by atomic mass is 10.1. The number of hydrogen-bond donors (Lipinski definition) is 4. The largest absolute Gasteiger partial charge is 0.445 e. The van der Waals surface area contributed by atoms with Gasteiger partial charge in [-0.1, -0.05) is 49.6 Å². The average Bonchev–Trinajstić information content (AvgIpc) is 3.47. The minimum Gasteiger partial charge on any atom is -0.445 e. The van der Waals surface area contributed by atoms with Gasteiger partial charge in [-0.15, -0.1) is 0 Å². The van der Waals surface area contributed by atoms with E-state index in [4.69, 9.17) is 10.5 Å². The first-order valence-corrected chi connectivity index (χ1v) is 14.0. The molecule has 1 aliphatic heterocycles. The minimum absolute atomic E-state index is 0.0188. The number of rotatable bonds is 18. The van der Waals surface area contributed by atoms with Crippen LogP contribution in [-0.4, -0.2) is 67.5 Å². The maximum atomic E-state index is 12.2. The number of nitrogens with two attached hydrogens (primary N) is 1. The first kappa shape index (κ1) is 31.1. The first-order chi connectivity index (χ1) is 18.5. The summed E-state index contributed by atoms with van der Waals surface area (Å²) in [4.78, 5) is 49.6. The Labute approximate surface area is 226 Å². The van der Waals surface area contributed by atoms with Crippen LogP contribution in [0.2, 0.25) is 0 Å². The Balaban J connectivity index is 1.34. The van der Waals surface area contributed by atoms with Crippen molar-refractivity contribution in [2.75, 3.05) is 32.7 Å². The molecule has 10 nitrogen and oxygen atoms in total. The highest BCUT2D eigenvalue weighted by Crippen LogP contribution is 2.10. The highest BCUT2D eigenvalue weighted by Gasteiger charge is 2.23. The maximum Gasteiger partial charge on any atom is 0.407 e. The van der Waals surface area contributed by atoms with Crippen molar-refractivity contribution < 1.29 is 23.9 Å². The average molecular weight is 532 g/mol. The van der Waals surface area contributed by atoms with E-state index in [9.17, 15) is 19.2 Å². The number of carbonyl (C=O) groups is 4. The summed E-state index contributed by atoms with van der Waals surface area (Å²) in [7, 11) is 0. The van der Waals surface area contributed by atoms with E-state index in [0.29, 0.717) is 38.9 Å². The highest BCUT2D eigenvalue weighted by atomic mass is 16.5. The zero-order valence-electron chi connectivity index (χ0n) is 22.6. The second kappa shape index (κ2) is 19.0. The van der Waals surface area contributed by atoms with Crippen LogP contribution in [-0.2, 0) is 25.7 Å². The zero-order chi connectivity index (χ0) is 27.4. The van der Waals surface area contributed by atoms with Crippen molar-refractivity contribution in [3.05, 3.63) is 35.9 Å². The molecule has 10 heteroatoms. The summed E-state index contributed by atoms with van der Waals surface area (Å²) in [5.74, 6) is -0.0892. The third-order valence-corrected chi connectivity index (χ3v) is 6.48. The number of nitrogens with zero attached hydrogens (tertiary/aromatic N) is 1. The molecule has 1 fully saturated rings. The van der Waals surface area contributed by atoms with Gasteiger partial charge in [-0.05, 0) is 44.1 Å². The molecule has 0 radical (unpaired) electrons. The van der Waals surface area contributed by atoms with Gasteiger partial charge in [0.1, 0.15) is 6.61 Å². The molecule has 38 heavy (non-hydrogen) atoms. The number of carbonyl (C=O) groups excluding carboxylic acids is 4. The van der Waals surface area contributed by atoms with Crippen molar-refractivity contribution in [3.8, 4) is 0 Å². The van der Waals surface area contributed by atoms with E-state index in [0.717, 1.165) is 63.6 Å². The van der Waals surface area contributed by atoms with Gasteiger partial charge >= 0.3 is 6.09 Å². The smallest absolute Gasteiger partial charge is 0.407 e. The Morgan fingerprint density at radius 3 is 2.13 bits per heavy atom. The van der Waals surface area contributed by atoms with Crippen molar-refractivity contribution in [1.29, 1.82) is 0 Å². The van der Waals surface area contributed by atoms with E-state index in [2.05, 4.69) is 16.0 Å². The molecule has 1 saturated heterocycles. The Morgan fingerprint density at radius 1 is 0.789 bits per heavy atom. The number of alkyl carbamates (subject to hydrolysis) is 1. The normalized spacial score (nSPS) is 13.6. The molecule has 1 aliphatic rings. The molecule has 0 aromatic heterocycles. The lowest BCUT2D eigenvalue weighted by molar-refractivity contribution is -0.131. The van der Waals surface area contributed by atoms with Gasteiger partial charge < -0.3 is 31.3 Å². The number of ether oxygens (including phenoxy) is 1. The van der Waals surface area contributed by atoms with Crippen molar-refractivity contribution in [3.63, 3.8) is 0 Å². The molecular weight excluding hydrogens is 486 g/mol. The van der Waals surface area contributed by atoms with Gasteiger partial charge in [-0.3, -0.25) is 14.4 Å². The van der Waals surface area contributed by atoms with Crippen LogP contribution in [0.3, 0.4) is 0 Å². The van der Waals surface area contributed by atoms with Gasteiger partial charge in [0, 0.05) is 45.6 Å². The van der Waals surface area contributed by atoms with E-state index >= 15 is 0 Å². The molecule has 0 spiro atoms. The van der Waals surface area contributed by atoms with Crippen LogP contribution in [0, 0.1) is 0 Å². The van der Waals surface area contributed by atoms with Crippen LogP contribution in [0.15, 0.2) is 30.3 Å². The van der Waals surface area contributed by atoms with E-state index in [1.807, 2.05) is 30.3 Å². The van der Waals surface area contributed by atoms with E-state index in [1.54, 1.807) is 4.90 Å². The van der Waals surface area contributed by atoms with E-state index < -0.39 is 12.1 Å². The summed E-state index contributed by atoms with van der Waals surface area (Å²) in [6, 6.07) is 8.88. The molecule has 1 atom stereocenters. The third kappa shape index (κ3) is 14.0. The van der Waals surface area contributed by atoms with Crippen LogP contribution >= 0.6 is 0 Å². The SMILES string of the molecule is N[C@@H](CCC(=O)NCCCCCCCC(=O)NCCCNC(=O)OCc1ccccc1)C(=O)N1CCCC1. The van der Waals surface area contributed by atoms with Crippen LogP contribution in [0.25, 0.3) is 0 Å². The topological polar surface area (TPSA) is 143 Å². The monoisotopic (exact) mass is 531 g/mol. The van der Waals surface area contributed by atoms with Gasteiger partial charge in [-0.2, -0.15) is 0 Å². The molecule has 5 N–H and O–H groups in total. The number of benzene rings is 1. The van der Waals surface area contributed by atoms with Gasteiger partial charge in [0.2, 0.25) is 17.7 Å². The lowest BCUT2D eigenvalue weighted by Gasteiger charge is -2.19. The van der Waals surface area contributed by atoms with E-state index in [1.165, 1.54) is 0 Å². The van der Waals surface area contributed by atoms with Gasteiger partial charge in [0.25, 0.3) is 0 Å². The van der Waals surface area contributed by atoms with Crippen molar-refractivity contribution in [1.82, 2.24) is 20.9 Å². The molecule has 0 unspecified atom stereocenters. The van der Waals surface area contributed by atoms with Crippen LogP contribution in [0.5, 0.6) is 0 Å². The number of hydrogen-bond acceptors (Lipinski definition) is 6. The summed E-state index contributed by atoms with van der Waals surface area (Å²) in [5.41, 5.74) is 6.88. The van der Waals surface area contributed by atoms with E-state index in [-0.39, 0.29) is 30.7 Å². The van der Waals surface area contributed by atoms with Crippen LogP contribution in [0.4, 0.5) is 4.79 Å². The number of likely N-dealkylation sites (tertiary alicyclic amines) is 1. The second-order valence-electron chi connectivity index (χ2n) is 9.74. The quantitative estimate of drug-likeness (QED) is 0.215. The number of nitrogens with one attached hydrogen (secondary N) is 3.